The van der Waals surface area contributed by atoms with Gasteiger partial charge in [-0.25, -0.2) is 0 Å². The molecule has 5 heteroatoms. The van der Waals surface area contributed by atoms with Gasteiger partial charge in [-0.2, -0.15) is 0 Å². The van der Waals surface area contributed by atoms with E-state index in [1.165, 1.54) is 6.92 Å². The lowest BCUT2D eigenvalue weighted by atomic mass is 9.99. The molecule has 0 radical (unpaired) electrons. The molecule has 1 aliphatic rings. The van der Waals surface area contributed by atoms with Crippen molar-refractivity contribution in [1.29, 1.82) is 0 Å². The molecule has 1 saturated heterocycles. The zero-order valence-electron chi connectivity index (χ0n) is 8.69. The van der Waals surface area contributed by atoms with Crippen LogP contribution in [0.4, 0.5) is 0 Å². The first kappa shape index (κ1) is 11.4. The van der Waals surface area contributed by atoms with Gasteiger partial charge in [0.25, 0.3) is 0 Å². The van der Waals surface area contributed by atoms with Gasteiger partial charge in [-0.1, -0.05) is 0 Å². The van der Waals surface area contributed by atoms with Gasteiger partial charge in [0.05, 0.1) is 18.2 Å². The third kappa shape index (κ3) is 2.67. The van der Waals surface area contributed by atoms with Crippen LogP contribution in [0.1, 0.15) is 20.3 Å². The number of methoxy groups -OCH3 is 1. The Hall–Kier alpha value is -0.650. The average Bonchev–Trinajstić information content (AvgIpc) is 2.08. The molecule has 0 aromatic heterocycles. The largest absolute Gasteiger partial charge is 0.379 e. The molecule has 14 heavy (non-hydrogen) atoms. The molecule has 1 aliphatic heterocycles. The maximum atomic E-state index is 10.9. The van der Waals surface area contributed by atoms with E-state index in [4.69, 9.17) is 9.47 Å². The second-order valence-electron chi connectivity index (χ2n) is 3.53. The first-order chi connectivity index (χ1) is 6.54. The molecule has 5 nitrogen and oxygen atoms in total. The predicted octanol–water partition coefficient (Wildman–Crippen LogP) is -0.367. The summed E-state index contributed by atoms with van der Waals surface area (Å²) >= 11 is 0. The zero-order chi connectivity index (χ0) is 10.7. The Balaban J connectivity index is 2.63. The van der Waals surface area contributed by atoms with Crippen LogP contribution in [0.15, 0.2) is 0 Å². The van der Waals surface area contributed by atoms with E-state index in [-0.39, 0.29) is 24.2 Å². The standard InChI is InChI=1S/C9H17NO4/c1-5-9(10-6(2)11)7(13-3)4-8(12)14-5/h5,7-9,12H,4H2,1-3H3,(H,10,11)/t5-,7-,8+,9-/m1/s1. The van der Waals surface area contributed by atoms with Crippen molar-refractivity contribution in [2.45, 2.75) is 44.8 Å². The summed E-state index contributed by atoms with van der Waals surface area (Å²) in [4.78, 5) is 10.9. The minimum Gasteiger partial charge on any atom is -0.379 e. The molecule has 0 unspecified atom stereocenters. The molecule has 1 fully saturated rings. The molecule has 0 bridgehead atoms. The van der Waals surface area contributed by atoms with E-state index < -0.39 is 6.29 Å². The van der Waals surface area contributed by atoms with Gasteiger partial charge < -0.3 is 19.9 Å². The highest BCUT2D eigenvalue weighted by Crippen LogP contribution is 2.20. The number of carbonyl (C=O) groups excluding carboxylic acids is 1. The van der Waals surface area contributed by atoms with Crippen LogP contribution in [0.3, 0.4) is 0 Å². The first-order valence-corrected chi connectivity index (χ1v) is 4.68. The number of aliphatic hydroxyl groups excluding tert-OH is 1. The third-order valence-electron chi connectivity index (χ3n) is 2.38. The van der Waals surface area contributed by atoms with Crippen LogP contribution in [0.25, 0.3) is 0 Å². The fourth-order valence-electron chi connectivity index (χ4n) is 1.72. The molecule has 0 saturated carbocycles. The minimum absolute atomic E-state index is 0.121. The van der Waals surface area contributed by atoms with Crippen LogP contribution in [0.2, 0.25) is 0 Å². The van der Waals surface area contributed by atoms with Gasteiger partial charge in [-0.05, 0) is 6.92 Å². The Bertz CT molecular complexity index is 209. The number of hydrogen-bond donors (Lipinski definition) is 2. The fourth-order valence-corrected chi connectivity index (χ4v) is 1.72. The molecular weight excluding hydrogens is 186 g/mol. The summed E-state index contributed by atoms with van der Waals surface area (Å²) in [7, 11) is 1.56. The van der Waals surface area contributed by atoms with E-state index in [1.807, 2.05) is 0 Å². The van der Waals surface area contributed by atoms with Crippen molar-refractivity contribution in [3.8, 4) is 0 Å². The highest BCUT2D eigenvalue weighted by Gasteiger charge is 2.36. The van der Waals surface area contributed by atoms with Crippen LogP contribution in [0, 0.1) is 0 Å². The van der Waals surface area contributed by atoms with Crippen molar-refractivity contribution >= 4 is 5.91 Å². The van der Waals surface area contributed by atoms with Gasteiger partial charge in [-0.15, -0.1) is 0 Å². The van der Waals surface area contributed by atoms with Crippen LogP contribution in [-0.2, 0) is 14.3 Å². The van der Waals surface area contributed by atoms with E-state index in [2.05, 4.69) is 5.32 Å². The number of nitrogens with one attached hydrogen (secondary N) is 1. The van der Waals surface area contributed by atoms with Gasteiger partial charge in [0.1, 0.15) is 0 Å². The van der Waals surface area contributed by atoms with Crippen molar-refractivity contribution in [3.63, 3.8) is 0 Å². The summed E-state index contributed by atoms with van der Waals surface area (Å²) < 4.78 is 10.4. The number of rotatable bonds is 2. The molecular formula is C9H17NO4. The Morgan fingerprint density at radius 2 is 2.29 bits per heavy atom. The highest BCUT2D eigenvalue weighted by atomic mass is 16.6. The molecule has 82 valence electrons. The zero-order valence-corrected chi connectivity index (χ0v) is 8.69. The molecule has 2 N–H and O–H groups in total. The lowest BCUT2D eigenvalue weighted by molar-refractivity contribution is -0.201. The summed E-state index contributed by atoms with van der Waals surface area (Å²) in [6.45, 7) is 3.25. The van der Waals surface area contributed by atoms with Gasteiger partial charge >= 0.3 is 0 Å². The molecule has 0 spiro atoms. The van der Waals surface area contributed by atoms with Gasteiger partial charge in [0, 0.05) is 20.5 Å². The lowest BCUT2D eigenvalue weighted by Gasteiger charge is -2.38. The predicted molar refractivity (Wildman–Crippen MR) is 49.6 cm³/mol. The smallest absolute Gasteiger partial charge is 0.217 e. The van der Waals surface area contributed by atoms with Crippen LogP contribution in [0.5, 0.6) is 0 Å². The summed E-state index contributed by atoms with van der Waals surface area (Å²) in [5.41, 5.74) is 0. The van der Waals surface area contributed by atoms with Crippen molar-refractivity contribution in [2.75, 3.05) is 7.11 Å². The average molecular weight is 203 g/mol. The normalized spacial score (nSPS) is 38.0. The van der Waals surface area contributed by atoms with Gasteiger partial charge in [0.15, 0.2) is 6.29 Å². The van der Waals surface area contributed by atoms with Gasteiger partial charge in [0.2, 0.25) is 5.91 Å². The van der Waals surface area contributed by atoms with Crippen molar-refractivity contribution in [2.24, 2.45) is 0 Å². The fraction of sp³-hybridized carbons (Fsp3) is 0.889. The van der Waals surface area contributed by atoms with Crippen molar-refractivity contribution < 1.29 is 19.4 Å². The topological polar surface area (TPSA) is 67.8 Å². The monoisotopic (exact) mass is 203 g/mol. The summed E-state index contributed by atoms with van der Waals surface area (Å²) in [5, 5.41) is 12.1. The summed E-state index contributed by atoms with van der Waals surface area (Å²) in [5.74, 6) is -0.121. The molecule has 1 heterocycles. The van der Waals surface area contributed by atoms with E-state index in [0.717, 1.165) is 0 Å². The van der Waals surface area contributed by atoms with Gasteiger partial charge in [-0.3, -0.25) is 4.79 Å². The second kappa shape index (κ2) is 4.72. The number of carbonyl (C=O) groups is 1. The Labute approximate surface area is 83.4 Å². The van der Waals surface area contributed by atoms with E-state index in [9.17, 15) is 9.90 Å². The lowest BCUT2D eigenvalue weighted by Crippen LogP contribution is -2.56. The molecule has 1 rings (SSSR count). The molecule has 0 aliphatic carbocycles. The van der Waals surface area contributed by atoms with Crippen molar-refractivity contribution in [3.05, 3.63) is 0 Å². The quantitative estimate of drug-likeness (QED) is 0.642. The Kier molecular flexibility index (Phi) is 3.86. The first-order valence-electron chi connectivity index (χ1n) is 4.68. The summed E-state index contributed by atoms with van der Waals surface area (Å²) in [6, 6.07) is -0.194. The molecule has 0 aromatic rings. The summed E-state index contributed by atoms with van der Waals surface area (Å²) in [6.07, 6.45) is -0.864. The number of ether oxygens (including phenoxy) is 2. The van der Waals surface area contributed by atoms with E-state index in [0.29, 0.717) is 6.42 Å². The maximum absolute atomic E-state index is 10.9. The molecule has 4 atom stereocenters. The maximum Gasteiger partial charge on any atom is 0.217 e. The Morgan fingerprint density at radius 1 is 1.64 bits per heavy atom. The van der Waals surface area contributed by atoms with E-state index in [1.54, 1.807) is 14.0 Å². The highest BCUT2D eigenvalue weighted by molar-refractivity contribution is 5.73. The van der Waals surface area contributed by atoms with Crippen LogP contribution < -0.4 is 5.32 Å². The Morgan fingerprint density at radius 3 is 2.79 bits per heavy atom. The van der Waals surface area contributed by atoms with Crippen LogP contribution in [-0.4, -0.2) is 42.7 Å². The number of amides is 1. The minimum atomic E-state index is -0.806. The third-order valence-corrected chi connectivity index (χ3v) is 2.38. The second-order valence-corrected chi connectivity index (χ2v) is 3.53. The van der Waals surface area contributed by atoms with E-state index >= 15 is 0 Å². The number of aliphatic hydroxyl groups is 1. The SMILES string of the molecule is CO[C@@H]1C[C@@H](O)O[C@H](C)[C@H]1NC(C)=O. The molecule has 1 amide bonds. The molecule has 0 aromatic carbocycles. The number of hydrogen-bond acceptors (Lipinski definition) is 4. The van der Waals surface area contributed by atoms with Crippen molar-refractivity contribution in [1.82, 2.24) is 5.32 Å². The van der Waals surface area contributed by atoms with Crippen LogP contribution >= 0.6 is 0 Å².